The number of carbonyl (C=O) groups excluding carboxylic acids is 1. The van der Waals surface area contributed by atoms with Gasteiger partial charge in [-0.2, -0.15) is 0 Å². The molecule has 1 aromatic heterocycles. The predicted molar refractivity (Wildman–Crippen MR) is 152 cm³/mol. The van der Waals surface area contributed by atoms with Gasteiger partial charge in [0.15, 0.2) is 28.8 Å². The summed E-state index contributed by atoms with van der Waals surface area (Å²) in [5.74, 6) is 2.41. The predicted octanol–water partition coefficient (Wildman–Crippen LogP) is 4.11. The first-order chi connectivity index (χ1) is 20.0. The molecule has 0 N–H and O–H groups in total. The highest BCUT2D eigenvalue weighted by molar-refractivity contribution is 7.09. The number of hydrogen-bond acceptors (Lipinski definition) is 10. The summed E-state index contributed by atoms with van der Waals surface area (Å²) in [5, 5.41) is 2.77. The highest BCUT2D eigenvalue weighted by Crippen LogP contribution is 2.34. The summed E-state index contributed by atoms with van der Waals surface area (Å²) in [6, 6.07) is 12.1. The number of piperidine rings is 1. The summed E-state index contributed by atoms with van der Waals surface area (Å²) >= 11 is 1.52. The molecule has 0 aliphatic carbocycles. The third kappa shape index (κ3) is 6.28. The Bertz CT molecular complexity index is 1360. The lowest BCUT2D eigenvalue weighted by molar-refractivity contribution is -0.181. The highest BCUT2D eigenvalue weighted by Gasteiger charge is 2.41. The van der Waals surface area contributed by atoms with Crippen LogP contribution in [0.5, 0.6) is 23.0 Å². The van der Waals surface area contributed by atoms with E-state index in [9.17, 15) is 4.79 Å². The number of nitrogens with zero attached hydrogens (tertiary/aromatic N) is 3. The maximum absolute atomic E-state index is 13.3. The molecule has 3 aliphatic heterocycles. The van der Waals surface area contributed by atoms with Gasteiger partial charge in [-0.1, -0.05) is 12.1 Å². The van der Waals surface area contributed by atoms with Crippen LogP contribution in [0.25, 0.3) is 0 Å². The number of benzene rings is 2. The van der Waals surface area contributed by atoms with Crippen LogP contribution < -0.4 is 18.9 Å². The zero-order chi connectivity index (χ0) is 28.2. The molecule has 3 aliphatic rings. The van der Waals surface area contributed by atoms with Crippen LogP contribution in [0.1, 0.15) is 39.5 Å². The van der Waals surface area contributed by atoms with Gasteiger partial charge in [0.2, 0.25) is 6.79 Å². The van der Waals surface area contributed by atoms with Crippen molar-refractivity contribution in [3.05, 3.63) is 63.6 Å². The van der Waals surface area contributed by atoms with E-state index in [0.717, 1.165) is 40.6 Å². The van der Waals surface area contributed by atoms with Crippen molar-refractivity contribution >= 4 is 17.2 Å². The molecule has 0 bridgehead atoms. The average Bonchev–Trinajstić information content (AvgIpc) is 3.77. The number of methoxy groups -OCH3 is 2. The summed E-state index contributed by atoms with van der Waals surface area (Å²) < 4.78 is 33.6. The minimum Gasteiger partial charge on any atom is -0.493 e. The largest absolute Gasteiger partial charge is 0.493 e. The van der Waals surface area contributed by atoms with Crippen molar-refractivity contribution in [2.75, 3.05) is 53.9 Å². The number of carbonyl (C=O) groups is 1. The zero-order valence-corrected chi connectivity index (χ0v) is 24.2. The average molecular weight is 582 g/mol. The second-order valence-corrected chi connectivity index (χ2v) is 11.3. The smallest absolute Gasteiger partial charge is 0.273 e. The van der Waals surface area contributed by atoms with Crippen LogP contribution in [0.3, 0.4) is 0 Å². The normalized spacial score (nSPS) is 17.4. The van der Waals surface area contributed by atoms with E-state index in [1.165, 1.54) is 11.3 Å². The molecule has 2 fully saturated rings. The lowest BCUT2D eigenvalue weighted by Gasteiger charge is -2.37. The van der Waals surface area contributed by atoms with Gasteiger partial charge in [0.05, 0.1) is 34.0 Å². The molecule has 218 valence electrons. The Hall–Kier alpha value is -3.38. The molecule has 4 heterocycles. The van der Waals surface area contributed by atoms with E-state index < -0.39 is 5.79 Å². The van der Waals surface area contributed by atoms with E-state index in [0.29, 0.717) is 69.4 Å². The Morgan fingerprint density at radius 3 is 2.51 bits per heavy atom. The fourth-order valence-corrected chi connectivity index (χ4v) is 6.32. The molecule has 6 rings (SSSR count). The Morgan fingerprint density at radius 1 is 0.976 bits per heavy atom. The molecule has 0 unspecified atom stereocenters. The molecule has 0 atom stereocenters. The summed E-state index contributed by atoms with van der Waals surface area (Å²) in [5.41, 5.74) is 2.76. The molecule has 2 aromatic carbocycles. The van der Waals surface area contributed by atoms with Gasteiger partial charge < -0.3 is 33.3 Å². The molecule has 0 saturated carbocycles. The number of thiazole rings is 1. The summed E-state index contributed by atoms with van der Waals surface area (Å²) in [6.07, 6.45) is 2.19. The Balaban J connectivity index is 1.14. The lowest BCUT2D eigenvalue weighted by atomic mass is 10.0. The summed E-state index contributed by atoms with van der Waals surface area (Å²) in [4.78, 5) is 22.2. The van der Waals surface area contributed by atoms with Crippen LogP contribution in [0, 0.1) is 0 Å². The molecule has 0 radical (unpaired) electrons. The molecule has 1 spiro atoms. The van der Waals surface area contributed by atoms with Crippen molar-refractivity contribution < 1.29 is 33.2 Å². The van der Waals surface area contributed by atoms with Crippen molar-refractivity contribution in [1.29, 1.82) is 0 Å². The first-order valence-electron chi connectivity index (χ1n) is 13.9. The van der Waals surface area contributed by atoms with E-state index in [1.807, 2.05) is 34.5 Å². The van der Waals surface area contributed by atoms with E-state index in [4.69, 9.17) is 33.4 Å². The van der Waals surface area contributed by atoms with Crippen molar-refractivity contribution in [2.24, 2.45) is 0 Å². The SMILES string of the molecule is COc1ccc(CCN(Cc2ccc3c(c2)OCO3)Cc2nc(C(=O)N3CCC4(CC3)OCCO4)cs2)cc1OC. The van der Waals surface area contributed by atoms with Crippen LogP contribution in [-0.4, -0.2) is 80.3 Å². The molecular weight excluding hydrogens is 546 g/mol. The van der Waals surface area contributed by atoms with Gasteiger partial charge >= 0.3 is 0 Å². The Labute approximate surface area is 243 Å². The van der Waals surface area contributed by atoms with Crippen LogP contribution >= 0.6 is 11.3 Å². The van der Waals surface area contributed by atoms with Crippen LogP contribution in [0.4, 0.5) is 0 Å². The number of fused-ring (bicyclic) bond motifs is 1. The quantitative estimate of drug-likeness (QED) is 0.351. The number of rotatable bonds is 10. The monoisotopic (exact) mass is 581 g/mol. The van der Waals surface area contributed by atoms with Crippen LogP contribution in [0.2, 0.25) is 0 Å². The number of hydrogen-bond donors (Lipinski definition) is 0. The van der Waals surface area contributed by atoms with Gasteiger partial charge in [0.25, 0.3) is 5.91 Å². The van der Waals surface area contributed by atoms with E-state index in [-0.39, 0.29) is 12.7 Å². The molecule has 41 heavy (non-hydrogen) atoms. The van der Waals surface area contributed by atoms with Gasteiger partial charge in [0.1, 0.15) is 10.7 Å². The van der Waals surface area contributed by atoms with Crippen molar-refractivity contribution in [3.8, 4) is 23.0 Å². The van der Waals surface area contributed by atoms with Gasteiger partial charge in [-0.15, -0.1) is 11.3 Å². The Morgan fingerprint density at radius 2 is 1.73 bits per heavy atom. The van der Waals surface area contributed by atoms with Crippen molar-refractivity contribution in [3.63, 3.8) is 0 Å². The third-order valence-electron chi connectivity index (χ3n) is 7.76. The first-order valence-corrected chi connectivity index (χ1v) is 14.8. The fraction of sp³-hybridized carbons (Fsp3) is 0.467. The lowest BCUT2D eigenvalue weighted by Crippen LogP contribution is -2.47. The molecule has 1 amide bonds. The standard InChI is InChI=1S/C30H35N3O7S/c1-35-24-5-3-21(15-26(24)36-2)7-10-32(17-22-4-6-25-27(16-22)38-20-37-25)18-28-31-23(19-41-28)29(34)33-11-8-30(9-12-33)39-13-14-40-30/h3-6,15-16,19H,7-14,17-18,20H2,1-2H3. The third-order valence-corrected chi connectivity index (χ3v) is 8.60. The fourth-order valence-electron chi connectivity index (χ4n) is 5.51. The molecule has 3 aromatic rings. The molecular formula is C30H35N3O7S. The number of likely N-dealkylation sites (tertiary alicyclic amines) is 1. The van der Waals surface area contributed by atoms with Gasteiger partial charge in [-0.3, -0.25) is 9.69 Å². The van der Waals surface area contributed by atoms with Gasteiger partial charge in [0, 0.05) is 44.4 Å². The summed E-state index contributed by atoms with van der Waals surface area (Å²) in [6.45, 7) is 4.79. The van der Waals surface area contributed by atoms with E-state index in [1.54, 1.807) is 14.2 Å². The topological polar surface area (TPSA) is 91.8 Å². The highest BCUT2D eigenvalue weighted by atomic mass is 32.1. The first kappa shape index (κ1) is 27.8. The van der Waals surface area contributed by atoms with Crippen molar-refractivity contribution in [2.45, 2.75) is 38.1 Å². The van der Waals surface area contributed by atoms with Crippen molar-refractivity contribution in [1.82, 2.24) is 14.8 Å². The maximum Gasteiger partial charge on any atom is 0.273 e. The second kappa shape index (κ2) is 12.2. The van der Waals surface area contributed by atoms with Crippen LogP contribution in [0.15, 0.2) is 41.8 Å². The second-order valence-electron chi connectivity index (χ2n) is 10.4. The zero-order valence-electron chi connectivity index (χ0n) is 23.4. The molecule has 11 heteroatoms. The summed E-state index contributed by atoms with van der Waals surface area (Å²) in [7, 11) is 3.28. The molecule has 2 saturated heterocycles. The Kier molecular flexibility index (Phi) is 8.29. The maximum atomic E-state index is 13.3. The van der Waals surface area contributed by atoms with Crippen LogP contribution in [-0.2, 0) is 29.0 Å². The van der Waals surface area contributed by atoms with Gasteiger partial charge in [-0.05, 0) is 41.8 Å². The minimum atomic E-state index is -0.507. The molecule has 10 nitrogen and oxygen atoms in total. The minimum absolute atomic E-state index is 0.0343. The number of aromatic nitrogens is 1. The number of amides is 1. The number of ether oxygens (including phenoxy) is 6. The van der Waals surface area contributed by atoms with E-state index >= 15 is 0 Å². The van der Waals surface area contributed by atoms with E-state index in [2.05, 4.69) is 17.0 Å². The van der Waals surface area contributed by atoms with Gasteiger partial charge in [-0.25, -0.2) is 4.98 Å².